The third-order valence-electron chi connectivity index (χ3n) is 4.02. The van der Waals surface area contributed by atoms with Gasteiger partial charge < -0.3 is 20.6 Å². The first-order valence-electron chi connectivity index (χ1n) is 6.17. The molecule has 0 spiro atoms. The summed E-state index contributed by atoms with van der Waals surface area (Å²) >= 11 is 0. The van der Waals surface area contributed by atoms with E-state index < -0.39 is 5.54 Å². The van der Waals surface area contributed by atoms with Crippen molar-refractivity contribution >= 4 is 0 Å². The Hall–Kier alpha value is -0.160. The van der Waals surface area contributed by atoms with E-state index in [2.05, 4.69) is 19.2 Å². The van der Waals surface area contributed by atoms with E-state index in [4.69, 9.17) is 0 Å². The Morgan fingerprint density at radius 3 is 2.00 bits per heavy atom. The lowest BCUT2D eigenvalue weighted by molar-refractivity contribution is 0.0257. The molecule has 0 heterocycles. The first-order chi connectivity index (χ1) is 7.56. The second kappa shape index (κ2) is 5.96. The number of aliphatic hydroxyl groups is 3. The van der Waals surface area contributed by atoms with Gasteiger partial charge in [-0.25, -0.2) is 0 Å². The molecule has 0 aromatic carbocycles. The molecule has 3 atom stereocenters. The van der Waals surface area contributed by atoms with Crippen LogP contribution in [0.15, 0.2) is 0 Å². The first kappa shape index (κ1) is 13.9. The average molecular weight is 231 g/mol. The van der Waals surface area contributed by atoms with Crippen LogP contribution in [0.3, 0.4) is 0 Å². The van der Waals surface area contributed by atoms with Gasteiger partial charge in [-0.3, -0.25) is 0 Å². The highest BCUT2D eigenvalue weighted by atomic mass is 16.3. The molecule has 4 heteroatoms. The lowest BCUT2D eigenvalue weighted by Gasteiger charge is -2.39. The summed E-state index contributed by atoms with van der Waals surface area (Å²) in [7, 11) is 0. The van der Waals surface area contributed by atoms with E-state index in [-0.39, 0.29) is 25.9 Å². The van der Waals surface area contributed by atoms with Crippen molar-refractivity contribution in [2.75, 3.05) is 19.8 Å². The molecule has 4 N–H and O–H groups in total. The van der Waals surface area contributed by atoms with Crippen LogP contribution in [0, 0.1) is 11.8 Å². The van der Waals surface area contributed by atoms with Gasteiger partial charge in [0.05, 0.1) is 25.4 Å². The molecule has 0 radical (unpaired) electrons. The van der Waals surface area contributed by atoms with Crippen LogP contribution in [0.1, 0.15) is 33.1 Å². The Morgan fingerprint density at radius 2 is 1.56 bits per heavy atom. The van der Waals surface area contributed by atoms with Gasteiger partial charge in [0.2, 0.25) is 0 Å². The molecule has 1 fully saturated rings. The summed E-state index contributed by atoms with van der Waals surface area (Å²) in [5.74, 6) is 1.39. The van der Waals surface area contributed by atoms with Gasteiger partial charge in [0, 0.05) is 6.04 Å². The van der Waals surface area contributed by atoms with E-state index in [0.29, 0.717) is 5.92 Å². The zero-order chi connectivity index (χ0) is 12.2. The monoisotopic (exact) mass is 231 g/mol. The molecule has 0 aromatic heterocycles. The molecule has 1 rings (SSSR count). The Morgan fingerprint density at radius 1 is 1.00 bits per heavy atom. The Kier molecular flexibility index (Phi) is 5.18. The third-order valence-corrected chi connectivity index (χ3v) is 4.02. The molecule has 1 saturated carbocycles. The molecule has 1 aliphatic rings. The van der Waals surface area contributed by atoms with Crippen LogP contribution < -0.4 is 5.32 Å². The van der Waals surface area contributed by atoms with E-state index in [1.54, 1.807) is 0 Å². The maximum atomic E-state index is 9.24. The maximum Gasteiger partial charge on any atom is 0.0883 e. The fraction of sp³-hybridized carbons (Fsp3) is 1.00. The van der Waals surface area contributed by atoms with Gasteiger partial charge in [0.1, 0.15) is 0 Å². The van der Waals surface area contributed by atoms with Crippen molar-refractivity contribution < 1.29 is 15.3 Å². The second-order valence-corrected chi connectivity index (χ2v) is 5.36. The molecule has 1 aliphatic carbocycles. The number of rotatable bonds is 5. The van der Waals surface area contributed by atoms with E-state index >= 15 is 0 Å². The van der Waals surface area contributed by atoms with Gasteiger partial charge in [0.25, 0.3) is 0 Å². The van der Waals surface area contributed by atoms with Crippen LogP contribution in [0.5, 0.6) is 0 Å². The van der Waals surface area contributed by atoms with Crippen LogP contribution in [0.2, 0.25) is 0 Å². The molecular weight excluding hydrogens is 206 g/mol. The molecule has 4 nitrogen and oxygen atoms in total. The summed E-state index contributed by atoms with van der Waals surface area (Å²) in [6.07, 6.45) is 3.26. The molecule has 0 amide bonds. The summed E-state index contributed by atoms with van der Waals surface area (Å²) in [6.45, 7) is 3.79. The highest BCUT2D eigenvalue weighted by Crippen LogP contribution is 2.30. The minimum Gasteiger partial charge on any atom is -0.394 e. The van der Waals surface area contributed by atoms with Crippen molar-refractivity contribution in [3.63, 3.8) is 0 Å². The van der Waals surface area contributed by atoms with Crippen LogP contribution in [-0.2, 0) is 0 Å². The fourth-order valence-electron chi connectivity index (χ4n) is 2.40. The quantitative estimate of drug-likeness (QED) is 0.542. The topological polar surface area (TPSA) is 72.7 Å². The Balaban J connectivity index is 2.53. The van der Waals surface area contributed by atoms with Crippen LogP contribution in [-0.4, -0.2) is 46.7 Å². The molecule has 0 saturated heterocycles. The standard InChI is InChI=1S/C12H25NO3/c1-9-3-4-11(5-10(9)2)13-12(6-14,7-15)8-16/h9-11,13-16H,3-8H2,1-2H3. The van der Waals surface area contributed by atoms with Gasteiger partial charge >= 0.3 is 0 Å². The highest BCUT2D eigenvalue weighted by Gasteiger charge is 2.33. The molecule has 0 aliphatic heterocycles. The van der Waals surface area contributed by atoms with E-state index in [9.17, 15) is 15.3 Å². The molecule has 0 aromatic rings. The molecule has 96 valence electrons. The molecule has 3 unspecified atom stereocenters. The zero-order valence-electron chi connectivity index (χ0n) is 10.3. The predicted octanol–water partition coefficient (Wildman–Crippen LogP) is 0.116. The summed E-state index contributed by atoms with van der Waals surface area (Å²) in [4.78, 5) is 0. The number of hydrogen-bond acceptors (Lipinski definition) is 4. The average Bonchev–Trinajstić information content (AvgIpc) is 2.31. The van der Waals surface area contributed by atoms with Crippen LogP contribution >= 0.6 is 0 Å². The van der Waals surface area contributed by atoms with Gasteiger partial charge in [0.15, 0.2) is 0 Å². The minimum absolute atomic E-state index is 0.236. The number of aliphatic hydroxyl groups excluding tert-OH is 3. The van der Waals surface area contributed by atoms with E-state index in [1.165, 1.54) is 0 Å². The predicted molar refractivity (Wildman–Crippen MR) is 63.1 cm³/mol. The second-order valence-electron chi connectivity index (χ2n) is 5.36. The van der Waals surface area contributed by atoms with E-state index in [1.807, 2.05) is 0 Å². The van der Waals surface area contributed by atoms with Crippen LogP contribution in [0.25, 0.3) is 0 Å². The molecular formula is C12H25NO3. The lowest BCUT2D eigenvalue weighted by Crippen LogP contribution is -2.59. The highest BCUT2D eigenvalue weighted by molar-refractivity contribution is 4.92. The Bertz CT molecular complexity index is 198. The molecule has 0 bridgehead atoms. The summed E-state index contributed by atoms with van der Waals surface area (Å²) in [5, 5.41) is 30.9. The molecule has 16 heavy (non-hydrogen) atoms. The summed E-state index contributed by atoms with van der Waals surface area (Å²) in [6, 6.07) is 0.289. The van der Waals surface area contributed by atoms with Crippen molar-refractivity contribution in [2.45, 2.75) is 44.7 Å². The number of nitrogens with one attached hydrogen (secondary N) is 1. The van der Waals surface area contributed by atoms with Crippen molar-refractivity contribution in [3.8, 4) is 0 Å². The van der Waals surface area contributed by atoms with Crippen LogP contribution in [0.4, 0.5) is 0 Å². The van der Waals surface area contributed by atoms with E-state index in [0.717, 1.165) is 25.2 Å². The SMILES string of the molecule is CC1CCC(NC(CO)(CO)CO)CC1C. The normalized spacial score (nSPS) is 31.7. The van der Waals surface area contributed by atoms with Gasteiger partial charge in [-0.15, -0.1) is 0 Å². The fourth-order valence-corrected chi connectivity index (χ4v) is 2.40. The Labute approximate surface area is 97.7 Å². The summed E-state index contributed by atoms with van der Waals surface area (Å²) < 4.78 is 0. The largest absolute Gasteiger partial charge is 0.394 e. The minimum atomic E-state index is -0.926. The smallest absolute Gasteiger partial charge is 0.0883 e. The van der Waals surface area contributed by atoms with Crippen molar-refractivity contribution in [2.24, 2.45) is 11.8 Å². The zero-order valence-corrected chi connectivity index (χ0v) is 10.3. The van der Waals surface area contributed by atoms with Crippen molar-refractivity contribution in [1.29, 1.82) is 0 Å². The van der Waals surface area contributed by atoms with Gasteiger partial charge in [-0.05, 0) is 31.1 Å². The summed E-state index contributed by atoms with van der Waals surface area (Å²) in [5.41, 5.74) is -0.926. The van der Waals surface area contributed by atoms with Gasteiger partial charge in [-0.2, -0.15) is 0 Å². The lowest BCUT2D eigenvalue weighted by atomic mass is 9.78. The van der Waals surface area contributed by atoms with Gasteiger partial charge in [-0.1, -0.05) is 13.8 Å². The maximum absolute atomic E-state index is 9.24. The first-order valence-corrected chi connectivity index (χ1v) is 6.17. The number of hydrogen-bond donors (Lipinski definition) is 4. The van der Waals surface area contributed by atoms with Crippen molar-refractivity contribution in [1.82, 2.24) is 5.32 Å². The third kappa shape index (κ3) is 3.17. The van der Waals surface area contributed by atoms with Crippen molar-refractivity contribution in [3.05, 3.63) is 0 Å².